The van der Waals surface area contributed by atoms with E-state index in [2.05, 4.69) is 22.8 Å². The Kier molecular flexibility index (Phi) is 8.00. The molecule has 0 aliphatic rings. The molecule has 1 rings (SSSR count). The molecule has 0 bridgehead atoms. The number of benzene rings is 1. The van der Waals surface area contributed by atoms with Gasteiger partial charge in [-0.2, -0.15) is 20.5 Å². The van der Waals surface area contributed by atoms with E-state index in [1.165, 1.54) is 0 Å². The lowest BCUT2D eigenvalue weighted by molar-refractivity contribution is -0.0498. The Morgan fingerprint density at radius 3 is 2.38 bits per heavy atom. The molecule has 2 N–H and O–H groups in total. The average molecular weight is 318 g/mol. The van der Waals surface area contributed by atoms with E-state index in [9.17, 15) is 8.78 Å². The molecule has 0 aliphatic carbocycles. The van der Waals surface area contributed by atoms with Crippen LogP contribution >= 0.6 is 11.8 Å². The van der Waals surface area contributed by atoms with Crippen molar-refractivity contribution in [3.05, 3.63) is 29.8 Å². The first kappa shape index (κ1) is 18.2. The minimum absolute atomic E-state index is 0.0717. The van der Waals surface area contributed by atoms with Crippen LogP contribution < -0.4 is 10.5 Å². The van der Waals surface area contributed by atoms with Crippen LogP contribution in [0, 0.1) is 0 Å². The molecule has 0 fully saturated rings. The van der Waals surface area contributed by atoms with Gasteiger partial charge in [-0.15, -0.1) is 0 Å². The Hall–Kier alpha value is -0.850. The molecule has 0 amide bonds. The zero-order chi connectivity index (χ0) is 15.8. The molecule has 0 radical (unpaired) electrons. The number of ether oxygens (including phenoxy) is 1. The summed E-state index contributed by atoms with van der Waals surface area (Å²) in [6.07, 6.45) is 3.18. The summed E-state index contributed by atoms with van der Waals surface area (Å²) in [7, 11) is 2.05. The quantitative estimate of drug-likeness (QED) is 0.758. The monoisotopic (exact) mass is 318 g/mol. The van der Waals surface area contributed by atoms with E-state index < -0.39 is 6.61 Å². The Labute approximate surface area is 129 Å². The molecule has 0 spiro atoms. The van der Waals surface area contributed by atoms with Crippen LogP contribution in [0.5, 0.6) is 5.75 Å². The molecular formula is C15H24F2N2OS. The lowest BCUT2D eigenvalue weighted by Gasteiger charge is -2.33. The normalized spacial score (nSPS) is 14.5. The van der Waals surface area contributed by atoms with Crippen LogP contribution in [0.3, 0.4) is 0 Å². The van der Waals surface area contributed by atoms with Crippen LogP contribution in [0.2, 0.25) is 0 Å². The largest absolute Gasteiger partial charge is 0.435 e. The number of nitrogens with two attached hydrogens (primary N) is 1. The maximum atomic E-state index is 12.1. The van der Waals surface area contributed by atoms with Gasteiger partial charge >= 0.3 is 6.61 Å². The molecule has 21 heavy (non-hydrogen) atoms. The van der Waals surface area contributed by atoms with Crippen LogP contribution in [0.15, 0.2) is 24.3 Å². The summed E-state index contributed by atoms with van der Waals surface area (Å²) in [6.45, 7) is -0.141. The van der Waals surface area contributed by atoms with Crippen LogP contribution in [0.1, 0.15) is 24.9 Å². The molecule has 3 nitrogen and oxygen atoms in total. The van der Waals surface area contributed by atoms with Crippen molar-refractivity contribution in [2.45, 2.75) is 32.0 Å². The molecule has 2 atom stereocenters. The van der Waals surface area contributed by atoms with Gasteiger partial charge in [-0.05, 0) is 50.1 Å². The van der Waals surface area contributed by atoms with Crippen molar-refractivity contribution < 1.29 is 13.5 Å². The van der Waals surface area contributed by atoms with Crippen molar-refractivity contribution in [2.24, 2.45) is 5.73 Å². The standard InChI is InChI=1S/C15H24F2N2OS/c1-11(8-9-21-3)19(2)14(10-18)12-4-6-13(7-5-12)20-15(16)17/h4-7,11,14-15H,8-10,18H2,1-3H3. The summed E-state index contributed by atoms with van der Waals surface area (Å²) in [4.78, 5) is 2.24. The van der Waals surface area contributed by atoms with Gasteiger partial charge in [-0.25, -0.2) is 0 Å². The molecule has 2 unspecified atom stereocenters. The van der Waals surface area contributed by atoms with Crippen LogP contribution in [0.25, 0.3) is 0 Å². The first-order valence-corrected chi connectivity index (χ1v) is 8.34. The highest BCUT2D eigenvalue weighted by atomic mass is 32.2. The highest BCUT2D eigenvalue weighted by molar-refractivity contribution is 7.98. The zero-order valence-corrected chi connectivity index (χ0v) is 13.6. The predicted molar refractivity (Wildman–Crippen MR) is 85.1 cm³/mol. The summed E-state index contributed by atoms with van der Waals surface area (Å²) in [5, 5.41) is 0. The molecule has 0 aliphatic heterocycles. The second-order valence-corrected chi connectivity index (χ2v) is 5.98. The third kappa shape index (κ3) is 5.80. The van der Waals surface area contributed by atoms with Gasteiger partial charge in [0, 0.05) is 18.6 Å². The van der Waals surface area contributed by atoms with Gasteiger partial charge in [0.15, 0.2) is 0 Å². The second kappa shape index (κ2) is 9.23. The third-order valence-electron chi connectivity index (χ3n) is 3.64. The Morgan fingerprint density at radius 1 is 1.29 bits per heavy atom. The fraction of sp³-hybridized carbons (Fsp3) is 0.600. The Morgan fingerprint density at radius 2 is 1.90 bits per heavy atom. The SMILES string of the molecule is CSCCC(C)N(C)C(CN)c1ccc(OC(F)F)cc1. The highest BCUT2D eigenvalue weighted by Gasteiger charge is 2.20. The van der Waals surface area contributed by atoms with E-state index in [4.69, 9.17) is 5.73 Å². The number of alkyl halides is 2. The van der Waals surface area contributed by atoms with Crippen molar-refractivity contribution >= 4 is 11.8 Å². The summed E-state index contributed by atoms with van der Waals surface area (Å²) in [5.41, 5.74) is 6.90. The lowest BCUT2D eigenvalue weighted by Crippen LogP contribution is -2.37. The first-order valence-electron chi connectivity index (χ1n) is 6.95. The van der Waals surface area contributed by atoms with Crippen LogP contribution in [0.4, 0.5) is 8.78 Å². The molecule has 0 heterocycles. The molecule has 0 saturated carbocycles. The summed E-state index contributed by atoms with van der Waals surface area (Å²) >= 11 is 1.82. The van der Waals surface area contributed by atoms with Gasteiger partial charge in [0.1, 0.15) is 5.75 Å². The predicted octanol–water partition coefficient (Wildman–Crippen LogP) is 3.36. The Balaban J connectivity index is 2.74. The molecule has 6 heteroatoms. The van der Waals surface area contributed by atoms with Gasteiger partial charge < -0.3 is 10.5 Å². The maximum absolute atomic E-state index is 12.1. The zero-order valence-electron chi connectivity index (χ0n) is 12.8. The van der Waals surface area contributed by atoms with Gasteiger partial charge in [0.05, 0.1) is 0 Å². The minimum Gasteiger partial charge on any atom is -0.435 e. The molecule has 0 saturated heterocycles. The van der Waals surface area contributed by atoms with E-state index in [1.54, 1.807) is 24.3 Å². The van der Waals surface area contributed by atoms with Crippen molar-refractivity contribution in [1.82, 2.24) is 4.90 Å². The Bertz CT molecular complexity index is 403. The second-order valence-electron chi connectivity index (χ2n) is 5.00. The topological polar surface area (TPSA) is 38.5 Å². The number of thioether (sulfide) groups is 1. The lowest BCUT2D eigenvalue weighted by atomic mass is 10.0. The average Bonchev–Trinajstić information content (AvgIpc) is 2.46. The fourth-order valence-corrected chi connectivity index (χ4v) is 2.78. The number of hydrogen-bond acceptors (Lipinski definition) is 4. The van der Waals surface area contributed by atoms with Gasteiger partial charge in [-0.3, -0.25) is 4.90 Å². The number of nitrogens with zero attached hydrogens (tertiary/aromatic N) is 1. The smallest absolute Gasteiger partial charge is 0.387 e. The summed E-state index contributed by atoms with van der Waals surface area (Å²) < 4.78 is 28.7. The minimum atomic E-state index is -2.80. The van der Waals surface area contributed by atoms with Gasteiger partial charge in [-0.1, -0.05) is 12.1 Å². The molecular weight excluding hydrogens is 294 g/mol. The molecule has 120 valence electrons. The number of likely N-dealkylation sites (N-methyl/N-ethyl adjacent to an activating group) is 1. The first-order chi connectivity index (χ1) is 9.99. The molecule has 1 aromatic carbocycles. The van der Waals surface area contributed by atoms with Crippen molar-refractivity contribution in [1.29, 1.82) is 0 Å². The van der Waals surface area contributed by atoms with Gasteiger partial charge in [0.25, 0.3) is 0 Å². The van der Waals surface area contributed by atoms with E-state index in [-0.39, 0.29) is 11.8 Å². The van der Waals surface area contributed by atoms with E-state index in [1.807, 2.05) is 18.8 Å². The number of halogens is 2. The molecule has 1 aromatic rings. The summed E-state index contributed by atoms with van der Waals surface area (Å²) in [6, 6.07) is 7.19. The summed E-state index contributed by atoms with van der Waals surface area (Å²) in [5.74, 6) is 1.27. The molecule has 0 aromatic heterocycles. The number of rotatable bonds is 9. The van der Waals surface area contributed by atoms with Gasteiger partial charge in [0.2, 0.25) is 0 Å². The van der Waals surface area contributed by atoms with Crippen molar-refractivity contribution in [3.8, 4) is 5.75 Å². The van der Waals surface area contributed by atoms with Crippen molar-refractivity contribution in [3.63, 3.8) is 0 Å². The van der Waals surface area contributed by atoms with E-state index >= 15 is 0 Å². The number of hydrogen-bond donors (Lipinski definition) is 1. The van der Waals surface area contributed by atoms with Crippen LogP contribution in [-0.4, -0.2) is 43.2 Å². The van der Waals surface area contributed by atoms with Crippen molar-refractivity contribution in [2.75, 3.05) is 25.6 Å². The van der Waals surface area contributed by atoms with E-state index in [0.29, 0.717) is 12.6 Å². The fourth-order valence-electron chi connectivity index (χ4n) is 2.21. The van der Waals surface area contributed by atoms with Crippen LogP contribution in [-0.2, 0) is 0 Å². The third-order valence-corrected chi connectivity index (χ3v) is 4.28. The van der Waals surface area contributed by atoms with E-state index in [0.717, 1.165) is 17.7 Å². The maximum Gasteiger partial charge on any atom is 0.387 e. The highest BCUT2D eigenvalue weighted by Crippen LogP contribution is 2.24.